The van der Waals surface area contributed by atoms with E-state index < -0.39 is 72.1 Å². The van der Waals surface area contributed by atoms with Gasteiger partial charge in [0.1, 0.15) is 63.4 Å². The Labute approximate surface area is 392 Å². The van der Waals surface area contributed by atoms with Crippen molar-refractivity contribution in [3.05, 3.63) is 64.0 Å². The summed E-state index contributed by atoms with van der Waals surface area (Å²) < 4.78 is 63.0. The van der Waals surface area contributed by atoms with Crippen molar-refractivity contribution < 1.29 is 46.8 Å². The molecule has 14 nitrogen and oxygen atoms in total. The maximum Gasteiger partial charge on any atom is 0.408 e. The van der Waals surface area contributed by atoms with E-state index in [0.717, 1.165) is 63.5 Å². The number of nitrogens with zero attached hydrogens (tertiary/aromatic N) is 3. The number of amides is 3. The monoisotopic (exact) mass is 970 g/mol. The third kappa shape index (κ3) is 10.4. The molecular formula is C47H58ClF2N6O8PS. The van der Waals surface area contributed by atoms with Gasteiger partial charge in [0, 0.05) is 34.9 Å². The van der Waals surface area contributed by atoms with Crippen LogP contribution in [0.2, 0.25) is 5.02 Å². The summed E-state index contributed by atoms with van der Waals surface area (Å²) in [7, 11) is -3.11. The number of alkyl carbamates (subject to hydrolysis) is 1. The second kappa shape index (κ2) is 20.3. The fourth-order valence-corrected chi connectivity index (χ4v) is 13.5. The van der Waals surface area contributed by atoms with Gasteiger partial charge in [-0.3, -0.25) is 14.2 Å². The molecule has 3 amide bonds. The van der Waals surface area contributed by atoms with E-state index in [1.807, 2.05) is 19.2 Å². The first-order valence-corrected chi connectivity index (χ1v) is 26.1. The van der Waals surface area contributed by atoms with Gasteiger partial charge >= 0.3 is 6.09 Å². The molecule has 66 heavy (non-hydrogen) atoms. The molecule has 4 fully saturated rings. The molecule has 4 aromatic rings. The molecule has 2 bridgehead atoms. The number of fused-ring (bicyclic) bond motifs is 4. The van der Waals surface area contributed by atoms with E-state index in [1.165, 1.54) is 29.4 Å². The van der Waals surface area contributed by atoms with E-state index in [0.29, 0.717) is 58.2 Å². The van der Waals surface area contributed by atoms with Crippen LogP contribution in [0.4, 0.5) is 18.7 Å². The molecule has 6 atom stereocenters. The largest absolute Gasteiger partial charge is 0.495 e. The third-order valence-electron chi connectivity index (χ3n) is 13.5. The number of ether oxygens (including phenoxy) is 3. The zero-order valence-corrected chi connectivity index (χ0v) is 39.9. The summed E-state index contributed by atoms with van der Waals surface area (Å²) in [5.41, 5.74) is 0.867. The number of hydrogen-bond acceptors (Lipinski definition) is 11. The van der Waals surface area contributed by atoms with Crippen LogP contribution in [0.15, 0.2) is 41.8 Å². The van der Waals surface area contributed by atoms with Crippen molar-refractivity contribution in [3.63, 3.8) is 0 Å². The third-order valence-corrected chi connectivity index (χ3v) is 17.2. The fraction of sp³-hybridized carbons (Fsp3) is 0.553. The lowest BCUT2D eigenvalue weighted by atomic mass is 9.98. The number of halogens is 3. The van der Waals surface area contributed by atoms with Crippen molar-refractivity contribution in [2.45, 2.75) is 146 Å². The second-order valence-electron chi connectivity index (χ2n) is 18.5. The topological polar surface area (TPSA) is 181 Å². The van der Waals surface area contributed by atoms with Crippen molar-refractivity contribution in [3.8, 4) is 22.9 Å². The van der Waals surface area contributed by atoms with E-state index in [4.69, 9.17) is 35.8 Å². The first-order valence-electron chi connectivity index (χ1n) is 23.0. The van der Waals surface area contributed by atoms with Crippen molar-refractivity contribution in [1.29, 1.82) is 0 Å². The maximum atomic E-state index is 15.1. The Hall–Kier alpha value is -4.57. The molecular weight excluding hydrogens is 913 g/mol. The summed E-state index contributed by atoms with van der Waals surface area (Å²) in [6.07, 6.45) is 5.48. The van der Waals surface area contributed by atoms with Crippen molar-refractivity contribution in [2.24, 2.45) is 5.92 Å². The van der Waals surface area contributed by atoms with Crippen molar-refractivity contribution >= 4 is 64.2 Å². The number of aromatic nitrogens is 2. The number of carbonyl (C=O) groups excluding carboxylic acids is 3. The molecule has 2 aromatic heterocycles. The highest BCUT2D eigenvalue weighted by Crippen LogP contribution is 2.64. The number of nitrogens with one attached hydrogen (secondary N) is 3. The van der Waals surface area contributed by atoms with E-state index in [-0.39, 0.29) is 48.9 Å². The Morgan fingerprint density at radius 3 is 2.45 bits per heavy atom. The van der Waals surface area contributed by atoms with Crippen LogP contribution in [-0.4, -0.2) is 86.9 Å². The summed E-state index contributed by atoms with van der Waals surface area (Å²) in [4.78, 5) is 66.4. The number of carbonyl (C=O) groups is 3. The SMILES string of the molecule is COc1ccc2c(O[C@@H]3C[C@H]4C(=O)N[C@]5(P(=O)(O)Cc6c(F)cccc6F)CCC(CCCCCC[C@H](NC(=O)OC6CCCC6)C(=O)N4C3)C5)cc(-c3csc(NC(C)C)n3)nc2c1Cl. The lowest BCUT2D eigenvalue weighted by Gasteiger charge is -2.37. The minimum absolute atomic E-state index is 0.0342. The molecule has 2 aliphatic heterocycles. The Bertz CT molecular complexity index is 2470. The van der Waals surface area contributed by atoms with Crippen molar-refractivity contribution in [2.75, 3.05) is 19.0 Å². The quantitative estimate of drug-likeness (QED) is 0.105. The van der Waals surface area contributed by atoms with Gasteiger partial charge in [-0.2, -0.15) is 0 Å². The lowest BCUT2D eigenvalue weighted by Crippen LogP contribution is -2.57. The highest BCUT2D eigenvalue weighted by atomic mass is 35.5. The predicted octanol–water partition coefficient (Wildman–Crippen LogP) is 9.94. The Morgan fingerprint density at radius 1 is 1.00 bits per heavy atom. The van der Waals surface area contributed by atoms with Gasteiger partial charge in [0.25, 0.3) is 0 Å². The van der Waals surface area contributed by atoms with Gasteiger partial charge < -0.3 is 40.0 Å². The summed E-state index contributed by atoms with van der Waals surface area (Å²) in [5, 5.41) is 10.7. The van der Waals surface area contributed by atoms with Gasteiger partial charge in [0.05, 0.1) is 31.0 Å². The van der Waals surface area contributed by atoms with Crippen molar-refractivity contribution in [1.82, 2.24) is 25.5 Å². The molecule has 0 spiro atoms. The summed E-state index contributed by atoms with van der Waals surface area (Å²) in [6, 6.07) is 6.31. The number of thiazole rings is 1. The molecule has 19 heteroatoms. The molecule has 2 saturated carbocycles. The Morgan fingerprint density at radius 2 is 1.73 bits per heavy atom. The molecule has 4 aliphatic rings. The normalized spacial score (nSPS) is 25.2. The molecule has 2 unspecified atom stereocenters. The maximum absolute atomic E-state index is 15.1. The molecule has 8 rings (SSSR count). The highest BCUT2D eigenvalue weighted by molar-refractivity contribution is 7.58. The Kier molecular flexibility index (Phi) is 14.8. The van der Waals surface area contributed by atoms with Crippen LogP contribution >= 0.6 is 30.3 Å². The summed E-state index contributed by atoms with van der Waals surface area (Å²) in [6.45, 7) is 3.92. The smallest absolute Gasteiger partial charge is 0.408 e. The second-order valence-corrected chi connectivity index (χ2v) is 22.3. The van der Waals surface area contributed by atoms with Crippen LogP contribution in [0.25, 0.3) is 22.3 Å². The van der Waals surface area contributed by atoms with Crippen LogP contribution in [0, 0.1) is 17.6 Å². The molecule has 2 aliphatic carbocycles. The van der Waals surface area contributed by atoms with Crippen LogP contribution in [0.1, 0.15) is 109 Å². The van der Waals surface area contributed by atoms with Gasteiger partial charge in [-0.05, 0) is 95.4 Å². The molecule has 2 saturated heterocycles. The molecule has 2 aromatic carbocycles. The number of anilines is 1. The van der Waals surface area contributed by atoms with E-state index in [1.54, 1.807) is 18.2 Å². The van der Waals surface area contributed by atoms with Crippen LogP contribution in [-0.2, 0) is 25.1 Å². The van der Waals surface area contributed by atoms with Crippen LogP contribution in [0.5, 0.6) is 11.5 Å². The number of hydrogen-bond donors (Lipinski definition) is 4. The predicted molar refractivity (Wildman–Crippen MR) is 249 cm³/mol. The summed E-state index contributed by atoms with van der Waals surface area (Å²) >= 11 is 8.29. The van der Waals surface area contributed by atoms with E-state index in [9.17, 15) is 19.0 Å². The average Bonchev–Trinajstić information content (AvgIpc) is 4.12. The molecule has 0 radical (unpaired) electrons. The van der Waals surface area contributed by atoms with Gasteiger partial charge in [-0.1, -0.05) is 49.8 Å². The number of benzene rings is 2. The lowest BCUT2D eigenvalue weighted by molar-refractivity contribution is -0.140. The zero-order valence-electron chi connectivity index (χ0n) is 37.5. The first-order chi connectivity index (χ1) is 31.6. The average molecular weight is 972 g/mol. The summed E-state index contributed by atoms with van der Waals surface area (Å²) in [5.74, 6) is -2.44. The Balaban J connectivity index is 1.16. The van der Waals surface area contributed by atoms with Gasteiger partial charge in [-0.15, -0.1) is 11.3 Å². The van der Waals surface area contributed by atoms with Crippen LogP contribution in [0.3, 0.4) is 0 Å². The van der Waals surface area contributed by atoms with Gasteiger partial charge in [0.15, 0.2) is 5.13 Å². The highest BCUT2D eigenvalue weighted by Gasteiger charge is 2.55. The molecule has 356 valence electrons. The number of rotatable bonds is 11. The van der Waals surface area contributed by atoms with E-state index in [2.05, 4.69) is 16.0 Å². The van der Waals surface area contributed by atoms with Crippen LogP contribution < -0.4 is 25.4 Å². The molecule has 4 N–H and O–H groups in total. The van der Waals surface area contributed by atoms with Gasteiger partial charge in [-0.25, -0.2) is 23.5 Å². The van der Waals surface area contributed by atoms with E-state index >= 15 is 13.6 Å². The van der Waals surface area contributed by atoms with Gasteiger partial charge in [0.2, 0.25) is 19.2 Å². The molecule has 4 heterocycles. The minimum atomic E-state index is -4.61. The zero-order chi connectivity index (χ0) is 46.8. The number of pyridine rings is 1. The number of methoxy groups -OCH3 is 1. The fourth-order valence-electron chi connectivity index (χ4n) is 10.0. The first kappa shape index (κ1) is 47.9. The minimum Gasteiger partial charge on any atom is -0.495 e. The standard InChI is InChI=1S/C47H58ClF2N6O8PS/c1-27(2)51-45-53-37(26-66-45)36-22-40(31-17-18-39(62-3)41(48)42(31)52-36)63-30-21-38-43(57)55-47(65(60,61)25-32-33(49)14-10-15-34(32)50)20-19-28(23-47)11-6-4-5-7-16-35(44(58)56(38)24-30)54-46(59)64-29-12-8-9-13-29/h10,14-15,17-18,22,26-30,35,38H,4-9,11-13,16,19-21,23-25H2,1-3H3,(H,51,53)(H,54,59)(H,55,57)(H,60,61)/t28?,30-,35+,38+,47+/m1/s1.